The zero-order valence-corrected chi connectivity index (χ0v) is 20.2. The maximum absolute atomic E-state index is 14.0. The molecule has 3 aromatic carbocycles. The normalized spacial score (nSPS) is 14.9. The number of fused-ring (bicyclic) bond motifs is 2. The number of carbonyl (C=O) groups excluding carboxylic acids is 1. The van der Waals surface area contributed by atoms with Gasteiger partial charge in [0.1, 0.15) is 17.1 Å². The Morgan fingerprint density at radius 3 is 2.50 bits per heavy atom. The Labute approximate surface area is 209 Å². The van der Waals surface area contributed by atoms with Gasteiger partial charge in [-0.2, -0.15) is 0 Å². The van der Waals surface area contributed by atoms with Gasteiger partial charge >= 0.3 is 0 Å². The van der Waals surface area contributed by atoms with Crippen LogP contribution in [0, 0.1) is 5.82 Å². The van der Waals surface area contributed by atoms with Crippen LogP contribution in [-0.2, 0) is 6.42 Å². The van der Waals surface area contributed by atoms with Gasteiger partial charge < -0.3 is 14.1 Å². The van der Waals surface area contributed by atoms with Crippen LogP contribution in [-0.4, -0.2) is 24.0 Å². The van der Waals surface area contributed by atoms with Gasteiger partial charge in [0.15, 0.2) is 5.43 Å². The van der Waals surface area contributed by atoms with Gasteiger partial charge in [-0.05, 0) is 54.3 Å². The number of nitrogens with zero attached hydrogens (tertiary/aromatic N) is 1. The quantitative estimate of drug-likeness (QED) is 0.262. The lowest BCUT2D eigenvalue weighted by molar-refractivity contribution is 0.0730. The summed E-state index contributed by atoms with van der Waals surface area (Å²) in [6, 6.07) is 20.5. The molecular formula is C30H28FNO4. The van der Waals surface area contributed by atoms with Crippen LogP contribution in [0.3, 0.4) is 0 Å². The number of rotatable bonds is 9. The minimum atomic E-state index is -0.630. The average Bonchev–Trinajstić information content (AvgIpc) is 3.18. The van der Waals surface area contributed by atoms with Gasteiger partial charge in [0.2, 0.25) is 5.76 Å². The van der Waals surface area contributed by atoms with Gasteiger partial charge in [-0.15, -0.1) is 0 Å². The zero-order valence-electron chi connectivity index (χ0n) is 20.2. The predicted octanol–water partition coefficient (Wildman–Crippen LogP) is 6.29. The zero-order chi connectivity index (χ0) is 25.1. The third-order valence-corrected chi connectivity index (χ3v) is 6.62. The molecule has 0 spiro atoms. The Morgan fingerprint density at radius 1 is 0.972 bits per heavy atom. The Bertz CT molecular complexity index is 1430. The largest absolute Gasteiger partial charge is 0.494 e. The molecule has 1 aliphatic heterocycles. The fourth-order valence-electron chi connectivity index (χ4n) is 4.75. The topological polar surface area (TPSA) is 59.8 Å². The SMILES string of the molecule is CCCCCOc1ccc(C2c3c(oc4ccc(F)cc4c3=O)C(=O)N2CCc2ccccc2)cc1. The lowest BCUT2D eigenvalue weighted by atomic mass is 9.98. The second kappa shape index (κ2) is 10.4. The van der Waals surface area contributed by atoms with Crippen LogP contribution in [0.2, 0.25) is 0 Å². The first-order chi connectivity index (χ1) is 17.6. The van der Waals surface area contributed by atoms with Gasteiger partial charge in [0.25, 0.3) is 5.91 Å². The smallest absolute Gasteiger partial charge is 0.290 e. The standard InChI is InChI=1S/C30H28FNO4/c1-2-3-7-18-35-23-13-10-21(11-14-23)27-26-28(33)24-19-22(31)12-15-25(24)36-29(26)30(34)32(27)17-16-20-8-5-4-6-9-20/h4-6,8-15,19,27H,2-3,7,16-18H2,1H3. The van der Waals surface area contributed by atoms with Gasteiger partial charge in [0, 0.05) is 6.54 Å². The maximum Gasteiger partial charge on any atom is 0.290 e. The molecule has 0 radical (unpaired) electrons. The number of benzene rings is 3. The molecular weight excluding hydrogens is 457 g/mol. The highest BCUT2D eigenvalue weighted by Crippen LogP contribution is 2.38. The fourth-order valence-corrected chi connectivity index (χ4v) is 4.75. The van der Waals surface area contributed by atoms with E-state index in [-0.39, 0.29) is 33.6 Å². The summed E-state index contributed by atoms with van der Waals surface area (Å²) in [5.74, 6) is -0.102. The molecule has 1 aromatic heterocycles. The molecule has 0 saturated heterocycles. The molecule has 0 aliphatic carbocycles. The van der Waals surface area contributed by atoms with E-state index in [4.69, 9.17) is 9.15 Å². The molecule has 5 nitrogen and oxygen atoms in total. The van der Waals surface area contributed by atoms with E-state index < -0.39 is 11.9 Å². The lowest BCUT2D eigenvalue weighted by Gasteiger charge is -2.25. The van der Waals surface area contributed by atoms with E-state index in [0.29, 0.717) is 19.6 Å². The van der Waals surface area contributed by atoms with Crippen molar-refractivity contribution in [1.82, 2.24) is 4.90 Å². The molecule has 184 valence electrons. The van der Waals surface area contributed by atoms with Crippen LogP contribution in [0.1, 0.15) is 59.5 Å². The molecule has 1 unspecified atom stereocenters. The summed E-state index contributed by atoms with van der Waals surface area (Å²) in [6.07, 6.45) is 3.84. The molecule has 2 heterocycles. The van der Waals surface area contributed by atoms with E-state index in [2.05, 4.69) is 6.92 Å². The lowest BCUT2D eigenvalue weighted by Crippen LogP contribution is -2.31. The van der Waals surface area contributed by atoms with E-state index >= 15 is 0 Å². The molecule has 1 aliphatic rings. The van der Waals surface area contributed by atoms with Gasteiger partial charge in [-0.1, -0.05) is 62.2 Å². The summed E-state index contributed by atoms with van der Waals surface area (Å²) in [7, 11) is 0. The molecule has 36 heavy (non-hydrogen) atoms. The first-order valence-electron chi connectivity index (χ1n) is 12.4. The summed E-state index contributed by atoms with van der Waals surface area (Å²) < 4.78 is 25.7. The fraction of sp³-hybridized carbons (Fsp3) is 0.267. The van der Waals surface area contributed by atoms with Gasteiger partial charge in [-0.25, -0.2) is 4.39 Å². The van der Waals surface area contributed by atoms with E-state index in [0.717, 1.165) is 36.1 Å². The van der Waals surface area contributed by atoms with Crippen LogP contribution in [0.5, 0.6) is 5.75 Å². The number of hydrogen-bond acceptors (Lipinski definition) is 4. The molecule has 5 rings (SSSR count). The number of unbranched alkanes of at least 4 members (excludes halogenated alkanes) is 2. The number of carbonyl (C=O) groups is 1. The van der Waals surface area contributed by atoms with Crippen molar-refractivity contribution >= 4 is 16.9 Å². The first-order valence-corrected chi connectivity index (χ1v) is 12.4. The highest BCUT2D eigenvalue weighted by atomic mass is 19.1. The molecule has 1 amide bonds. The third-order valence-electron chi connectivity index (χ3n) is 6.62. The maximum atomic E-state index is 14.0. The van der Waals surface area contributed by atoms with Crippen molar-refractivity contribution in [3.05, 3.63) is 111 Å². The van der Waals surface area contributed by atoms with Crippen molar-refractivity contribution < 1.29 is 18.3 Å². The molecule has 4 aromatic rings. The van der Waals surface area contributed by atoms with Crippen molar-refractivity contribution in [3.8, 4) is 5.75 Å². The van der Waals surface area contributed by atoms with Crippen molar-refractivity contribution in [3.63, 3.8) is 0 Å². The van der Waals surface area contributed by atoms with Crippen molar-refractivity contribution in [1.29, 1.82) is 0 Å². The van der Waals surface area contributed by atoms with Gasteiger partial charge in [-0.3, -0.25) is 9.59 Å². The highest BCUT2D eigenvalue weighted by molar-refractivity contribution is 5.99. The summed E-state index contributed by atoms with van der Waals surface area (Å²) >= 11 is 0. The molecule has 0 N–H and O–H groups in total. The van der Waals surface area contributed by atoms with Crippen LogP contribution in [0.4, 0.5) is 4.39 Å². The molecule has 0 saturated carbocycles. The Kier molecular flexibility index (Phi) is 6.85. The van der Waals surface area contributed by atoms with E-state index in [1.807, 2.05) is 54.6 Å². The highest BCUT2D eigenvalue weighted by Gasteiger charge is 2.42. The number of hydrogen-bond donors (Lipinski definition) is 0. The second-order valence-electron chi connectivity index (χ2n) is 9.08. The molecule has 0 fully saturated rings. The second-order valence-corrected chi connectivity index (χ2v) is 9.08. The minimum Gasteiger partial charge on any atom is -0.494 e. The third kappa shape index (κ3) is 4.63. The summed E-state index contributed by atoms with van der Waals surface area (Å²) in [5, 5.41) is 0.132. The summed E-state index contributed by atoms with van der Waals surface area (Å²) in [4.78, 5) is 28.8. The number of amides is 1. The Morgan fingerprint density at radius 2 is 1.75 bits per heavy atom. The molecule has 6 heteroatoms. The summed E-state index contributed by atoms with van der Waals surface area (Å²) in [5.41, 5.74) is 1.93. The number of ether oxygens (including phenoxy) is 1. The average molecular weight is 486 g/mol. The Hall–Kier alpha value is -3.93. The van der Waals surface area contributed by atoms with Crippen LogP contribution >= 0.6 is 0 Å². The van der Waals surface area contributed by atoms with E-state index in [1.54, 1.807) is 4.90 Å². The summed E-state index contributed by atoms with van der Waals surface area (Å²) in [6.45, 7) is 3.19. The number of halogens is 1. The van der Waals surface area contributed by atoms with Crippen LogP contribution in [0.25, 0.3) is 11.0 Å². The first kappa shape index (κ1) is 23.8. The molecule has 0 bridgehead atoms. The van der Waals surface area contributed by atoms with Crippen molar-refractivity contribution in [2.75, 3.05) is 13.2 Å². The predicted molar refractivity (Wildman–Crippen MR) is 137 cm³/mol. The minimum absolute atomic E-state index is 0.0251. The Balaban J connectivity index is 1.53. The van der Waals surface area contributed by atoms with E-state index in [1.165, 1.54) is 18.2 Å². The van der Waals surface area contributed by atoms with Crippen LogP contribution in [0.15, 0.2) is 82.0 Å². The van der Waals surface area contributed by atoms with Crippen molar-refractivity contribution in [2.45, 2.75) is 38.6 Å². The molecule has 1 atom stereocenters. The van der Waals surface area contributed by atoms with Crippen LogP contribution < -0.4 is 10.2 Å². The van der Waals surface area contributed by atoms with Gasteiger partial charge in [0.05, 0.1) is 23.6 Å². The van der Waals surface area contributed by atoms with Crippen molar-refractivity contribution in [2.24, 2.45) is 0 Å². The monoisotopic (exact) mass is 485 g/mol. The van der Waals surface area contributed by atoms with E-state index in [9.17, 15) is 14.0 Å².